The van der Waals surface area contributed by atoms with E-state index in [1.165, 1.54) is 5.56 Å². The Bertz CT molecular complexity index is 431. The Balaban J connectivity index is 2.08. The van der Waals surface area contributed by atoms with E-state index in [1.807, 2.05) is 12.1 Å². The molecule has 1 aliphatic rings. The van der Waals surface area contributed by atoms with Gasteiger partial charge in [-0.15, -0.1) is 0 Å². The molecule has 1 saturated heterocycles. The maximum Gasteiger partial charge on any atom is 0.387 e. The number of benzene rings is 1. The summed E-state index contributed by atoms with van der Waals surface area (Å²) < 4.78 is 28.9. The molecule has 0 radical (unpaired) electrons. The van der Waals surface area contributed by atoms with Crippen LogP contribution in [0.25, 0.3) is 0 Å². The first-order valence-electron chi connectivity index (χ1n) is 8.06. The number of hydrogen-bond acceptors (Lipinski definition) is 3. The van der Waals surface area contributed by atoms with Gasteiger partial charge in [-0.3, -0.25) is 4.90 Å². The number of piperazine rings is 1. The summed E-state index contributed by atoms with van der Waals surface area (Å²) in [7, 11) is 0. The van der Waals surface area contributed by atoms with Crippen molar-refractivity contribution in [2.24, 2.45) is 5.92 Å². The van der Waals surface area contributed by atoms with Gasteiger partial charge in [-0.1, -0.05) is 26.0 Å². The van der Waals surface area contributed by atoms with Gasteiger partial charge in [0.15, 0.2) is 0 Å². The van der Waals surface area contributed by atoms with Crippen molar-refractivity contribution in [2.45, 2.75) is 39.3 Å². The Hall–Kier alpha value is -1.20. The van der Waals surface area contributed by atoms with Gasteiger partial charge in [0, 0.05) is 32.2 Å². The van der Waals surface area contributed by atoms with Crippen LogP contribution in [0, 0.1) is 5.92 Å². The predicted octanol–water partition coefficient (Wildman–Crippen LogP) is 3.67. The van der Waals surface area contributed by atoms with Gasteiger partial charge in [-0.05, 0) is 36.5 Å². The Kier molecular flexibility index (Phi) is 6.58. The predicted molar refractivity (Wildman–Crippen MR) is 84.3 cm³/mol. The van der Waals surface area contributed by atoms with Gasteiger partial charge >= 0.3 is 6.61 Å². The van der Waals surface area contributed by atoms with E-state index in [4.69, 9.17) is 0 Å². The number of hydrogen-bond donors (Lipinski definition) is 1. The fraction of sp³-hybridized carbons (Fsp3) is 0.647. The number of rotatable bonds is 7. The van der Waals surface area contributed by atoms with E-state index in [1.54, 1.807) is 12.1 Å². The maximum absolute atomic E-state index is 12.2. The first-order valence-corrected chi connectivity index (χ1v) is 8.06. The number of nitrogens with one attached hydrogen (secondary N) is 1. The highest BCUT2D eigenvalue weighted by atomic mass is 19.3. The van der Waals surface area contributed by atoms with Gasteiger partial charge in [0.05, 0.1) is 0 Å². The SMILES string of the molecule is CC(C)CC[C@@H](c1ccc(OC(F)F)cc1)N1CCNCC1. The van der Waals surface area contributed by atoms with Crippen LogP contribution in [-0.4, -0.2) is 37.7 Å². The molecule has 0 saturated carbocycles. The monoisotopic (exact) mass is 312 g/mol. The Morgan fingerprint density at radius 1 is 1.09 bits per heavy atom. The highest BCUT2D eigenvalue weighted by Crippen LogP contribution is 2.29. The standard InChI is InChI=1S/C17H26F2N2O/c1-13(2)3-8-16(21-11-9-20-10-12-21)14-4-6-15(7-5-14)22-17(18)19/h4-7,13,16-17,20H,3,8-12H2,1-2H3/t16-/m0/s1. The number of halogens is 2. The molecule has 1 aromatic carbocycles. The van der Waals surface area contributed by atoms with E-state index in [0.717, 1.165) is 39.0 Å². The van der Waals surface area contributed by atoms with Crippen LogP contribution in [0.15, 0.2) is 24.3 Å². The third-order valence-electron chi connectivity index (χ3n) is 4.10. The summed E-state index contributed by atoms with van der Waals surface area (Å²) >= 11 is 0. The molecule has 22 heavy (non-hydrogen) atoms. The molecule has 3 nitrogen and oxygen atoms in total. The minimum absolute atomic E-state index is 0.224. The molecule has 1 heterocycles. The van der Waals surface area contributed by atoms with Crippen LogP contribution in [-0.2, 0) is 0 Å². The first-order chi connectivity index (χ1) is 10.6. The van der Waals surface area contributed by atoms with Crippen molar-refractivity contribution in [3.05, 3.63) is 29.8 Å². The van der Waals surface area contributed by atoms with Gasteiger partial charge in [-0.25, -0.2) is 0 Å². The van der Waals surface area contributed by atoms with Crippen molar-refractivity contribution in [1.29, 1.82) is 0 Å². The van der Waals surface area contributed by atoms with Crippen molar-refractivity contribution < 1.29 is 13.5 Å². The molecule has 1 aliphatic heterocycles. The molecular formula is C17H26F2N2O. The lowest BCUT2D eigenvalue weighted by atomic mass is 9.95. The van der Waals surface area contributed by atoms with Crippen molar-refractivity contribution >= 4 is 0 Å². The van der Waals surface area contributed by atoms with Crippen LogP contribution in [0.3, 0.4) is 0 Å². The third kappa shape index (κ3) is 5.21. The Morgan fingerprint density at radius 2 is 1.73 bits per heavy atom. The summed E-state index contributed by atoms with van der Waals surface area (Å²) in [5.74, 6) is 0.883. The van der Waals surface area contributed by atoms with Crippen molar-refractivity contribution in [3.63, 3.8) is 0 Å². The van der Waals surface area contributed by atoms with Gasteiger partial charge in [-0.2, -0.15) is 8.78 Å². The average Bonchev–Trinajstić information content (AvgIpc) is 2.49. The van der Waals surface area contributed by atoms with Crippen LogP contribution in [0.1, 0.15) is 38.3 Å². The Labute approximate surface area is 131 Å². The van der Waals surface area contributed by atoms with Crippen LogP contribution >= 0.6 is 0 Å². The van der Waals surface area contributed by atoms with Gasteiger partial charge in [0.1, 0.15) is 5.75 Å². The molecule has 0 unspecified atom stereocenters. The summed E-state index contributed by atoms with van der Waals surface area (Å²) in [6, 6.07) is 7.48. The second kappa shape index (κ2) is 8.44. The zero-order chi connectivity index (χ0) is 15.9. The molecule has 2 rings (SSSR count). The fourth-order valence-corrected chi connectivity index (χ4v) is 2.92. The second-order valence-corrected chi connectivity index (χ2v) is 6.22. The average molecular weight is 312 g/mol. The molecule has 1 N–H and O–H groups in total. The summed E-state index contributed by atoms with van der Waals surface area (Å²) in [4.78, 5) is 2.49. The maximum atomic E-state index is 12.2. The fourth-order valence-electron chi connectivity index (χ4n) is 2.92. The van der Waals surface area contributed by atoms with E-state index >= 15 is 0 Å². The molecule has 0 aliphatic carbocycles. The zero-order valence-electron chi connectivity index (χ0n) is 13.4. The molecule has 1 atom stereocenters. The van der Waals surface area contributed by atoms with Crippen LogP contribution in [0.4, 0.5) is 8.78 Å². The largest absolute Gasteiger partial charge is 0.435 e. The third-order valence-corrected chi connectivity index (χ3v) is 4.10. The molecule has 0 amide bonds. The number of ether oxygens (including phenoxy) is 1. The highest BCUT2D eigenvalue weighted by molar-refractivity contribution is 5.29. The van der Waals surface area contributed by atoms with Crippen molar-refractivity contribution in [2.75, 3.05) is 26.2 Å². The van der Waals surface area contributed by atoms with E-state index in [-0.39, 0.29) is 5.75 Å². The molecular weight excluding hydrogens is 286 g/mol. The van der Waals surface area contributed by atoms with Crippen LogP contribution < -0.4 is 10.1 Å². The molecule has 0 spiro atoms. The lowest BCUT2D eigenvalue weighted by Gasteiger charge is -2.35. The van der Waals surface area contributed by atoms with Gasteiger partial charge in [0.25, 0.3) is 0 Å². The summed E-state index contributed by atoms with van der Waals surface area (Å²) in [6.07, 6.45) is 2.25. The molecule has 0 aromatic heterocycles. The molecule has 1 fully saturated rings. The summed E-state index contributed by atoms with van der Waals surface area (Å²) in [6.45, 7) is 5.75. The van der Waals surface area contributed by atoms with E-state index in [9.17, 15) is 8.78 Å². The number of alkyl halides is 2. The second-order valence-electron chi connectivity index (χ2n) is 6.22. The topological polar surface area (TPSA) is 24.5 Å². The lowest BCUT2D eigenvalue weighted by molar-refractivity contribution is -0.0498. The minimum Gasteiger partial charge on any atom is -0.435 e. The quantitative estimate of drug-likeness (QED) is 0.831. The summed E-state index contributed by atoms with van der Waals surface area (Å²) in [5.41, 5.74) is 1.18. The first kappa shape index (κ1) is 17.2. The van der Waals surface area contributed by atoms with E-state index < -0.39 is 6.61 Å². The lowest BCUT2D eigenvalue weighted by Crippen LogP contribution is -2.45. The normalized spacial score (nSPS) is 17.9. The highest BCUT2D eigenvalue weighted by Gasteiger charge is 2.22. The summed E-state index contributed by atoms with van der Waals surface area (Å²) in [5, 5.41) is 3.37. The molecule has 1 aromatic rings. The van der Waals surface area contributed by atoms with Gasteiger partial charge < -0.3 is 10.1 Å². The minimum atomic E-state index is -2.77. The smallest absolute Gasteiger partial charge is 0.387 e. The van der Waals surface area contributed by atoms with E-state index in [2.05, 4.69) is 28.8 Å². The van der Waals surface area contributed by atoms with Crippen molar-refractivity contribution in [1.82, 2.24) is 10.2 Å². The van der Waals surface area contributed by atoms with E-state index in [0.29, 0.717) is 12.0 Å². The molecule has 5 heteroatoms. The van der Waals surface area contributed by atoms with Gasteiger partial charge in [0.2, 0.25) is 0 Å². The molecule has 124 valence electrons. The van der Waals surface area contributed by atoms with Crippen LogP contribution in [0.2, 0.25) is 0 Å². The Morgan fingerprint density at radius 3 is 2.27 bits per heavy atom. The zero-order valence-corrected chi connectivity index (χ0v) is 13.4. The van der Waals surface area contributed by atoms with Crippen LogP contribution in [0.5, 0.6) is 5.75 Å². The van der Waals surface area contributed by atoms with Crippen molar-refractivity contribution in [3.8, 4) is 5.75 Å². The number of nitrogens with zero attached hydrogens (tertiary/aromatic N) is 1. The molecule has 0 bridgehead atoms.